The van der Waals surface area contributed by atoms with Crippen molar-refractivity contribution in [1.29, 1.82) is 0 Å². The van der Waals surface area contributed by atoms with Gasteiger partial charge in [-0.2, -0.15) is 10.2 Å². The molecule has 0 bridgehead atoms. The van der Waals surface area contributed by atoms with Crippen LogP contribution >= 0.6 is 34.8 Å². The highest BCUT2D eigenvalue weighted by Crippen LogP contribution is 2.31. The number of hydrogen-bond donors (Lipinski definition) is 0. The number of halogens is 4. The predicted octanol–water partition coefficient (Wildman–Crippen LogP) is 7.00. The highest BCUT2D eigenvalue weighted by atomic mass is 35.5. The van der Waals surface area contributed by atoms with Crippen molar-refractivity contribution in [2.24, 2.45) is 10.2 Å². The van der Waals surface area contributed by atoms with Gasteiger partial charge in [-0.05, 0) is 50.2 Å². The lowest BCUT2D eigenvalue weighted by atomic mass is 10.3. The van der Waals surface area contributed by atoms with Gasteiger partial charge in [-0.15, -0.1) is 5.11 Å². The Hall–Kier alpha value is -1.95. The van der Waals surface area contributed by atoms with Crippen molar-refractivity contribution in [3.05, 3.63) is 68.7 Å². The molecule has 0 saturated heterocycles. The minimum atomic E-state index is -0.480. The molecule has 0 radical (unpaired) electrons. The molecule has 4 nitrogen and oxygen atoms in total. The van der Waals surface area contributed by atoms with Gasteiger partial charge in [0.25, 0.3) is 0 Å². The standard InChI is InChI=1S/C17H12Cl3FN4/c1-9-17(23-22-11-3-5-13(18)14(19)7-11)10(2)25(24-9)12-4-6-16(21)15(20)8-12/h3-8H,1-2H3. The van der Waals surface area contributed by atoms with Crippen molar-refractivity contribution in [3.8, 4) is 5.69 Å². The molecule has 0 N–H and O–H groups in total. The van der Waals surface area contributed by atoms with E-state index in [1.54, 1.807) is 28.9 Å². The Morgan fingerprint density at radius 1 is 0.920 bits per heavy atom. The maximum atomic E-state index is 13.4. The monoisotopic (exact) mass is 396 g/mol. The van der Waals surface area contributed by atoms with Crippen LogP contribution in [-0.4, -0.2) is 9.78 Å². The Kier molecular flexibility index (Phi) is 5.08. The predicted molar refractivity (Wildman–Crippen MR) is 98.6 cm³/mol. The zero-order valence-corrected chi connectivity index (χ0v) is 15.5. The first kappa shape index (κ1) is 17.9. The van der Waals surface area contributed by atoms with Crippen LogP contribution in [0, 0.1) is 19.7 Å². The summed E-state index contributed by atoms with van der Waals surface area (Å²) in [7, 11) is 0. The molecule has 0 fully saturated rings. The molecule has 2 aromatic carbocycles. The van der Waals surface area contributed by atoms with E-state index >= 15 is 0 Å². The van der Waals surface area contributed by atoms with Gasteiger partial charge in [-0.25, -0.2) is 9.07 Å². The normalized spacial score (nSPS) is 11.4. The van der Waals surface area contributed by atoms with Gasteiger partial charge >= 0.3 is 0 Å². The highest BCUT2D eigenvalue weighted by molar-refractivity contribution is 6.42. The summed E-state index contributed by atoms with van der Waals surface area (Å²) in [5.74, 6) is -0.480. The Balaban J connectivity index is 1.98. The molecular weight excluding hydrogens is 386 g/mol. The second-order valence-corrected chi connectivity index (χ2v) is 6.55. The first-order valence-corrected chi connectivity index (χ1v) is 8.38. The molecule has 128 valence electrons. The molecule has 8 heteroatoms. The lowest BCUT2D eigenvalue weighted by molar-refractivity contribution is 0.627. The third-order valence-corrected chi connectivity index (χ3v) is 4.60. The third kappa shape index (κ3) is 3.68. The zero-order chi connectivity index (χ0) is 18.1. The summed E-state index contributed by atoms with van der Waals surface area (Å²) in [6.07, 6.45) is 0. The van der Waals surface area contributed by atoms with Crippen LogP contribution in [0.25, 0.3) is 5.69 Å². The Labute approximate surface area is 158 Å². The minimum absolute atomic E-state index is 0.0315. The molecule has 1 heterocycles. The number of nitrogens with zero attached hydrogens (tertiary/aromatic N) is 4. The van der Waals surface area contributed by atoms with Gasteiger partial charge in [0.05, 0.1) is 37.8 Å². The van der Waals surface area contributed by atoms with Crippen molar-refractivity contribution in [1.82, 2.24) is 9.78 Å². The van der Waals surface area contributed by atoms with E-state index < -0.39 is 5.82 Å². The SMILES string of the molecule is Cc1nn(-c2ccc(F)c(Cl)c2)c(C)c1N=Nc1ccc(Cl)c(Cl)c1. The molecule has 0 atom stereocenters. The molecule has 3 aromatic rings. The van der Waals surface area contributed by atoms with Gasteiger partial charge in [0.2, 0.25) is 0 Å². The van der Waals surface area contributed by atoms with Crippen molar-refractivity contribution >= 4 is 46.2 Å². The summed E-state index contributed by atoms with van der Waals surface area (Å²) in [5, 5.41) is 13.8. The van der Waals surface area contributed by atoms with E-state index in [2.05, 4.69) is 15.3 Å². The molecule has 0 aliphatic heterocycles. The van der Waals surface area contributed by atoms with E-state index in [4.69, 9.17) is 34.8 Å². The zero-order valence-electron chi connectivity index (χ0n) is 13.3. The van der Waals surface area contributed by atoms with E-state index in [-0.39, 0.29) is 5.02 Å². The molecule has 0 spiro atoms. The van der Waals surface area contributed by atoms with Crippen molar-refractivity contribution in [2.45, 2.75) is 13.8 Å². The molecule has 1 aromatic heterocycles. The van der Waals surface area contributed by atoms with Crippen molar-refractivity contribution in [3.63, 3.8) is 0 Å². The van der Waals surface area contributed by atoms with E-state index in [1.807, 2.05) is 13.8 Å². The van der Waals surface area contributed by atoms with Crippen LogP contribution in [0.15, 0.2) is 46.6 Å². The molecule has 0 amide bonds. The maximum absolute atomic E-state index is 13.4. The first-order valence-electron chi connectivity index (χ1n) is 7.25. The highest BCUT2D eigenvalue weighted by Gasteiger charge is 2.14. The fraction of sp³-hybridized carbons (Fsp3) is 0.118. The molecule has 3 rings (SSSR count). The van der Waals surface area contributed by atoms with Crippen LogP contribution in [0.3, 0.4) is 0 Å². The Bertz CT molecular complexity index is 982. The molecule has 0 saturated carbocycles. The van der Waals surface area contributed by atoms with Crippen LogP contribution in [0.5, 0.6) is 0 Å². The smallest absolute Gasteiger partial charge is 0.141 e. The van der Waals surface area contributed by atoms with Gasteiger partial charge in [0, 0.05) is 0 Å². The first-order chi connectivity index (χ1) is 11.9. The van der Waals surface area contributed by atoms with E-state index in [0.717, 1.165) is 5.69 Å². The second kappa shape index (κ2) is 7.12. The average Bonchev–Trinajstić information content (AvgIpc) is 2.86. The molecule has 0 aliphatic rings. The van der Waals surface area contributed by atoms with E-state index in [0.29, 0.717) is 32.8 Å². The van der Waals surface area contributed by atoms with Crippen LogP contribution in [0.2, 0.25) is 15.1 Å². The summed E-state index contributed by atoms with van der Waals surface area (Å²) >= 11 is 17.7. The average molecular weight is 398 g/mol. The van der Waals surface area contributed by atoms with Crippen LogP contribution in [-0.2, 0) is 0 Å². The summed E-state index contributed by atoms with van der Waals surface area (Å²) in [6, 6.07) is 9.40. The quantitative estimate of drug-likeness (QED) is 0.438. The Morgan fingerprint density at radius 3 is 2.36 bits per heavy atom. The number of benzene rings is 2. The molecule has 0 aliphatic carbocycles. The van der Waals surface area contributed by atoms with Gasteiger partial charge in [0.1, 0.15) is 11.5 Å². The number of rotatable bonds is 3. The van der Waals surface area contributed by atoms with Gasteiger partial charge in [-0.3, -0.25) is 0 Å². The summed E-state index contributed by atoms with van der Waals surface area (Å²) in [6.45, 7) is 3.66. The molecule has 0 unspecified atom stereocenters. The van der Waals surface area contributed by atoms with Crippen LogP contribution in [0.4, 0.5) is 15.8 Å². The van der Waals surface area contributed by atoms with Crippen LogP contribution in [0.1, 0.15) is 11.4 Å². The maximum Gasteiger partial charge on any atom is 0.141 e. The summed E-state index contributed by atoms with van der Waals surface area (Å²) in [5.41, 5.74) is 3.27. The topological polar surface area (TPSA) is 42.5 Å². The summed E-state index contributed by atoms with van der Waals surface area (Å²) in [4.78, 5) is 0. The lowest BCUT2D eigenvalue weighted by Gasteiger charge is -2.05. The lowest BCUT2D eigenvalue weighted by Crippen LogP contribution is -1.99. The van der Waals surface area contributed by atoms with E-state index in [9.17, 15) is 4.39 Å². The minimum Gasteiger partial charge on any atom is -0.235 e. The largest absolute Gasteiger partial charge is 0.235 e. The van der Waals surface area contributed by atoms with Gasteiger partial charge in [0.15, 0.2) is 0 Å². The number of aromatic nitrogens is 2. The fourth-order valence-electron chi connectivity index (χ4n) is 2.30. The summed E-state index contributed by atoms with van der Waals surface area (Å²) < 4.78 is 15.0. The van der Waals surface area contributed by atoms with E-state index in [1.165, 1.54) is 12.1 Å². The van der Waals surface area contributed by atoms with Crippen molar-refractivity contribution < 1.29 is 4.39 Å². The molecular formula is C17H12Cl3FN4. The third-order valence-electron chi connectivity index (χ3n) is 3.57. The number of hydrogen-bond acceptors (Lipinski definition) is 3. The molecule has 25 heavy (non-hydrogen) atoms. The second-order valence-electron chi connectivity index (χ2n) is 5.33. The Morgan fingerprint density at radius 2 is 1.68 bits per heavy atom. The number of azo groups is 1. The van der Waals surface area contributed by atoms with Gasteiger partial charge in [-0.1, -0.05) is 34.8 Å². The fourth-order valence-corrected chi connectivity index (χ4v) is 2.77. The van der Waals surface area contributed by atoms with Crippen LogP contribution < -0.4 is 0 Å². The number of aryl methyl sites for hydroxylation is 1. The van der Waals surface area contributed by atoms with Gasteiger partial charge < -0.3 is 0 Å². The van der Waals surface area contributed by atoms with Crippen molar-refractivity contribution in [2.75, 3.05) is 0 Å².